The molecule has 13 heavy (non-hydrogen) atoms. The fraction of sp³-hybridized carbons (Fsp3) is 0.900. The van der Waals surface area contributed by atoms with Crippen molar-refractivity contribution in [2.75, 3.05) is 20.6 Å². The van der Waals surface area contributed by atoms with Crippen LogP contribution in [0.25, 0.3) is 0 Å². The predicted octanol–water partition coefficient (Wildman–Crippen LogP) is 0.853. The second-order valence-corrected chi connectivity index (χ2v) is 4.18. The fourth-order valence-electron chi connectivity index (χ4n) is 1.83. The van der Waals surface area contributed by atoms with Crippen molar-refractivity contribution in [1.82, 2.24) is 10.2 Å². The Balaban J connectivity index is 2.22. The molecule has 1 aliphatic rings. The normalized spacial score (nSPS) is 27.6. The monoisotopic (exact) mass is 184 g/mol. The summed E-state index contributed by atoms with van der Waals surface area (Å²) in [5, 5.41) is 3.32. The summed E-state index contributed by atoms with van der Waals surface area (Å²) in [4.78, 5) is 12.9. The summed E-state index contributed by atoms with van der Waals surface area (Å²) in [5.74, 6) is 0.897. The summed E-state index contributed by atoms with van der Waals surface area (Å²) in [6, 6.07) is 0.559. The highest BCUT2D eigenvalue weighted by Gasteiger charge is 2.23. The third-order valence-electron chi connectivity index (χ3n) is 2.88. The van der Waals surface area contributed by atoms with Gasteiger partial charge in [-0.15, -0.1) is 0 Å². The standard InChI is InChI=1S/C10H20N2O/c1-8-5-4-6-9(8)11-7-10(13)12(2)3/h8-9,11H,4-7H2,1-3H3/t8-,9-/m1/s1. The van der Waals surface area contributed by atoms with Gasteiger partial charge in [0.1, 0.15) is 0 Å². The van der Waals surface area contributed by atoms with Gasteiger partial charge < -0.3 is 10.2 Å². The highest BCUT2D eigenvalue weighted by molar-refractivity contribution is 5.77. The van der Waals surface area contributed by atoms with Crippen LogP contribution in [-0.4, -0.2) is 37.5 Å². The van der Waals surface area contributed by atoms with Crippen LogP contribution in [-0.2, 0) is 4.79 Å². The van der Waals surface area contributed by atoms with Gasteiger partial charge in [-0.25, -0.2) is 0 Å². The molecular formula is C10H20N2O. The molecule has 1 aliphatic carbocycles. The van der Waals surface area contributed by atoms with E-state index in [1.807, 2.05) is 0 Å². The molecule has 0 heterocycles. The smallest absolute Gasteiger partial charge is 0.236 e. The lowest BCUT2D eigenvalue weighted by Crippen LogP contribution is -2.39. The number of amides is 1. The van der Waals surface area contributed by atoms with E-state index in [2.05, 4.69) is 12.2 Å². The Bertz CT molecular complexity index is 180. The second kappa shape index (κ2) is 4.61. The van der Waals surface area contributed by atoms with E-state index in [0.717, 1.165) is 5.92 Å². The van der Waals surface area contributed by atoms with Gasteiger partial charge in [0, 0.05) is 20.1 Å². The van der Waals surface area contributed by atoms with E-state index < -0.39 is 0 Å². The Hall–Kier alpha value is -0.570. The predicted molar refractivity (Wildman–Crippen MR) is 53.5 cm³/mol. The quantitative estimate of drug-likeness (QED) is 0.705. The van der Waals surface area contributed by atoms with Crippen molar-refractivity contribution in [2.24, 2.45) is 5.92 Å². The van der Waals surface area contributed by atoms with E-state index >= 15 is 0 Å². The summed E-state index contributed by atoms with van der Waals surface area (Å²) >= 11 is 0. The summed E-state index contributed by atoms with van der Waals surface area (Å²) in [5.41, 5.74) is 0. The topological polar surface area (TPSA) is 32.3 Å². The van der Waals surface area contributed by atoms with Gasteiger partial charge in [0.15, 0.2) is 0 Å². The molecular weight excluding hydrogens is 164 g/mol. The molecule has 0 spiro atoms. The number of nitrogens with zero attached hydrogens (tertiary/aromatic N) is 1. The molecule has 1 saturated carbocycles. The molecule has 0 aliphatic heterocycles. The maximum Gasteiger partial charge on any atom is 0.236 e. The Morgan fingerprint density at radius 2 is 2.15 bits per heavy atom. The Morgan fingerprint density at radius 1 is 1.46 bits per heavy atom. The van der Waals surface area contributed by atoms with E-state index in [1.165, 1.54) is 19.3 Å². The van der Waals surface area contributed by atoms with E-state index in [-0.39, 0.29) is 5.91 Å². The largest absolute Gasteiger partial charge is 0.348 e. The minimum Gasteiger partial charge on any atom is -0.348 e. The number of nitrogens with one attached hydrogen (secondary N) is 1. The van der Waals surface area contributed by atoms with Crippen LogP contribution in [0.3, 0.4) is 0 Å². The molecule has 0 aromatic carbocycles. The molecule has 3 nitrogen and oxygen atoms in total. The van der Waals surface area contributed by atoms with Crippen LogP contribution in [0.15, 0.2) is 0 Å². The number of hydrogen-bond acceptors (Lipinski definition) is 2. The van der Waals surface area contributed by atoms with Gasteiger partial charge >= 0.3 is 0 Å². The van der Waals surface area contributed by atoms with Crippen molar-refractivity contribution < 1.29 is 4.79 Å². The molecule has 1 N–H and O–H groups in total. The number of likely N-dealkylation sites (N-methyl/N-ethyl adjacent to an activating group) is 1. The van der Waals surface area contributed by atoms with E-state index in [4.69, 9.17) is 0 Å². The van der Waals surface area contributed by atoms with Gasteiger partial charge in [-0.1, -0.05) is 13.3 Å². The van der Waals surface area contributed by atoms with Crippen LogP contribution in [0.2, 0.25) is 0 Å². The highest BCUT2D eigenvalue weighted by Crippen LogP contribution is 2.24. The maximum atomic E-state index is 11.3. The van der Waals surface area contributed by atoms with Crippen LogP contribution in [0.5, 0.6) is 0 Å². The molecule has 2 atom stereocenters. The van der Waals surface area contributed by atoms with Gasteiger partial charge in [-0.2, -0.15) is 0 Å². The first-order valence-corrected chi connectivity index (χ1v) is 5.05. The Morgan fingerprint density at radius 3 is 2.62 bits per heavy atom. The van der Waals surface area contributed by atoms with Gasteiger partial charge in [-0.05, 0) is 18.8 Å². The third kappa shape index (κ3) is 2.99. The fourth-order valence-corrected chi connectivity index (χ4v) is 1.83. The van der Waals surface area contributed by atoms with Crippen LogP contribution < -0.4 is 5.32 Å². The number of hydrogen-bond donors (Lipinski definition) is 1. The molecule has 3 heteroatoms. The van der Waals surface area contributed by atoms with Crippen LogP contribution in [0, 0.1) is 5.92 Å². The van der Waals surface area contributed by atoms with Crippen molar-refractivity contribution in [3.05, 3.63) is 0 Å². The van der Waals surface area contributed by atoms with Crippen LogP contribution in [0.1, 0.15) is 26.2 Å². The first-order chi connectivity index (χ1) is 6.11. The minimum absolute atomic E-state index is 0.166. The van der Waals surface area contributed by atoms with Crippen LogP contribution >= 0.6 is 0 Å². The number of carbonyl (C=O) groups excluding carboxylic acids is 1. The van der Waals surface area contributed by atoms with Crippen molar-refractivity contribution >= 4 is 5.91 Å². The van der Waals surface area contributed by atoms with Gasteiger partial charge in [0.2, 0.25) is 5.91 Å². The van der Waals surface area contributed by atoms with Crippen molar-refractivity contribution in [3.8, 4) is 0 Å². The lowest BCUT2D eigenvalue weighted by molar-refractivity contribution is -0.127. The number of carbonyl (C=O) groups is 1. The number of rotatable bonds is 3. The second-order valence-electron chi connectivity index (χ2n) is 4.18. The van der Waals surface area contributed by atoms with E-state index in [9.17, 15) is 4.79 Å². The Labute approximate surface area is 80.5 Å². The first kappa shape index (κ1) is 10.5. The summed E-state index contributed by atoms with van der Waals surface area (Å²) in [7, 11) is 3.59. The summed E-state index contributed by atoms with van der Waals surface area (Å²) in [6.07, 6.45) is 3.82. The molecule has 0 bridgehead atoms. The van der Waals surface area contributed by atoms with Gasteiger partial charge in [0.05, 0.1) is 6.54 Å². The molecule has 0 radical (unpaired) electrons. The maximum absolute atomic E-state index is 11.3. The average Bonchev–Trinajstić information content (AvgIpc) is 2.47. The minimum atomic E-state index is 0.166. The molecule has 0 aromatic heterocycles. The van der Waals surface area contributed by atoms with E-state index in [0.29, 0.717) is 12.6 Å². The summed E-state index contributed by atoms with van der Waals surface area (Å²) < 4.78 is 0. The lowest BCUT2D eigenvalue weighted by Gasteiger charge is -2.18. The van der Waals surface area contributed by atoms with Crippen molar-refractivity contribution in [2.45, 2.75) is 32.2 Å². The zero-order valence-electron chi connectivity index (χ0n) is 8.84. The highest BCUT2D eigenvalue weighted by atomic mass is 16.2. The van der Waals surface area contributed by atoms with E-state index in [1.54, 1.807) is 19.0 Å². The zero-order chi connectivity index (χ0) is 9.84. The molecule has 1 rings (SSSR count). The SMILES string of the molecule is C[C@@H]1CCC[C@H]1NCC(=O)N(C)C. The molecule has 0 unspecified atom stereocenters. The van der Waals surface area contributed by atoms with Crippen LogP contribution in [0.4, 0.5) is 0 Å². The summed E-state index contributed by atoms with van der Waals surface area (Å²) in [6.45, 7) is 2.74. The Kier molecular flexibility index (Phi) is 3.72. The molecule has 76 valence electrons. The van der Waals surface area contributed by atoms with Gasteiger partial charge in [-0.3, -0.25) is 4.79 Å². The van der Waals surface area contributed by atoms with Crippen molar-refractivity contribution in [3.63, 3.8) is 0 Å². The lowest BCUT2D eigenvalue weighted by atomic mass is 10.1. The van der Waals surface area contributed by atoms with Crippen molar-refractivity contribution in [1.29, 1.82) is 0 Å². The molecule has 0 aromatic rings. The van der Waals surface area contributed by atoms with Gasteiger partial charge in [0.25, 0.3) is 0 Å². The zero-order valence-corrected chi connectivity index (χ0v) is 8.84. The first-order valence-electron chi connectivity index (χ1n) is 5.05. The molecule has 1 fully saturated rings. The molecule has 1 amide bonds. The molecule has 0 saturated heterocycles. The third-order valence-corrected chi connectivity index (χ3v) is 2.88. The average molecular weight is 184 g/mol.